The number of hydrogen-bond donors (Lipinski definition) is 1. The zero-order valence-electron chi connectivity index (χ0n) is 13.1. The standard InChI is InChI=1S/C16H32N2O2/c1-2-3-4-5-6-7-8-10-17-12-14-18(15-13-17)11-9-16(19)20/h2-15H2,1H3,(H,19,20). The second kappa shape index (κ2) is 11.1. The summed E-state index contributed by atoms with van der Waals surface area (Å²) < 4.78 is 0. The Kier molecular flexibility index (Phi) is 9.67. The quantitative estimate of drug-likeness (QED) is 0.593. The van der Waals surface area contributed by atoms with Gasteiger partial charge in [0, 0.05) is 32.7 Å². The summed E-state index contributed by atoms with van der Waals surface area (Å²) in [7, 11) is 0. The average Bonchev–Trinajstić information content (AvgIpc) is 2.45. The molecule has 1 heterocycles. The van der Waals surface area contributed by atoms with Crippen LogP contribution < -0.4 is 0 Å². The predicted octanol–water partition coefficient (Wildman–Crippen LogP) is 2.83. The molecule has 4 nitrogen and oxygen atoms in total. The molecule has 0 aliphatic carbocycles. The number of nitrogens with zero attached hydrogens (tertiary/aromatic N) is 2. The maximum absolute atomic E-state index is 10.5. The molecule has 0 amide bonds. The molecule has 0 unspecified atom stereocenters. The number of rotatable bonds is 11. The van der Waals surface area contributed by atoms with E-state index in [0.29, 0.717) is 6.54 Å². The number of hydrogen-bond acceptors (Lipinski definition) is 3. The molecule has 1 rings (SSSR count). The van der Waals surface area contributed by atoms with Gasteiger partial charge in [-0.1, -0.05) is 45.4 Å². The Morgan fingerprint density at radius 2 is 1.35 bits per heavy atom. The molecule has 1 fully saturated rings. The maximum atomic E-state index is 10.5. The molecule has 20 heavy (non-hydrogen) atoms. The normalized spacial score (nSPS) is 17.4. The minimum Gasteiger partial charge on any atom is -0.481 e. The van der Waals surface area contributed by atoms with Gasteiger partial charge in [0.05, 0.1) is 6.42 Å². The van der Waals surface area contributed by atoms with Crippen LogP contribution in [0, 0.1) is 0 Å². The van der Waals surface area contributed by atoms with Crippen molar-refractivity contribution in [1.82, 2.24) is 9.80 Å². The Bertz CT molecular complexity index is 251. The van der Waals surface area contributed by atoms with Crippen molar-refractivity contribution in [2.75, 3.05) is 39.3 Å². The van der Waals surface area contributed by atoms with Gasteiger partial charge < -0.3 is 14.9 Å². The minimum absolute atomic E-state index is 0.276. The zero-order valence-corrected chi connectivity index (χ0v) is 13.1. The molecule has 0 aromatic rings. The highest BCUT2D eigenvalue weighted by molar-refractivity contribution is 5.66. The first-order valence-corrected chi connectivity index (χ1v) is 8.39. The van der Waals surface area contributed by atoms with E-state index < -0.39 is 5.97 Å². The van der Waals surface area contributed by atoms with Crippen molar-refractivity contribution in [2.45, 2.75) is 58.3 Å². The van der Waals surface area contributed by atoms with Gasteiger partial charge in [-0.3, -0.25) is 4.79 Å². The molecule has 0 radical (unpaired) electrons. The summed E-state index contributed by atoms with van der Waals surface area (Å²) in [6, 6.07) is 0. The van der Waals surface area contributed by atoms with Crippen molar-refractivity contribution in [3.05, 3.63) is 0 Å². The number of unbranched alkanes of at least 4 members (excludes halogenated alkanes) is 6. The number of piperazine rings is 1. The van der Waals surface area contributed by atoms with Crippen molar-refractivity contribution >= 4 is 5.97 Å². The van der Waals surface area contributed by atoms with Crippen molar-refractivity contribution in [1.29, 1.82) is 0 Å². The monoisotopic (exact) mass is 284 g/mol. The fourth-order valence-electron chi connectivity index (χ4n) is 2.78. The van der Waals surface area contributed by atoms with Gasteiger partial charge in [0.25, 0.3) is 0 Å². The molecule has 0 atom stereocenters. The molecule has 1 aliphatic rings. The van der Waals surface area contributed by atoms with Gasteiger partial charge in [0.2, 0.25) is 0 Å². The molecule has 4 heteroatoms. The summed E-state index contributed by atoms with van der Waals surface area (Å²) in [5, 5.41) is 8.68. The molecule has 1 aliphatic heterocycles. The zero-order chi connectivity index (χ0) is 14.6. The summed E-state index contributed by atoms with van der Waals surface area (Å²) in [6.45, 7) is 8.47. The van der Waals surface area contributed by atoms with Crippen LogP contribution in [0.1, 0.15) is 58.3 Å². The molecular weight excluding hydrogens is 252 g/mol. The van der Waals surface area contributed by atoms with Crippen LogP contribution in [-0.2, 0) is 4.79 Å². The van der Waals surface area contributed by atoms with E-state index in [9.17, 15) is 4.79 Å². The molecule has 0 aromatic carbocycles. The van der Waals surface area contributed by atoms with E-state index in [1.807, 2.05) is 0 Å². The molecule has 0 saturated carbocycles. The van der Waals surface area contributed by atoms with Crippen molar-refractivity contribution < 1.29 is 9.90 Å². The van der Waals surface area contributed by atoms with Gasteiger partial charge in [-0.25, -0.2) is 0 Å². The van der Waals surface area contributed by atoms with E-state index in [1.54, 1.807) is 0 Å². The fourth-order valence-corrected chi connectivity index (χ4v) is 2.78. The van der Waals surface area contributed by atoms with E-state index in [-0.39, 0.29) is 6.42 Å². The van der Waals surface area contributed by atoms with Gasteiger partial charge >= 0.3 is 5.97 Å². The van der Waals surface area contributed by atoms with Crippen molar-refractivity contribution in [2.24, 2.45) is 0 Å². The summed E-state index contributed by atoms with van der Waals surface area (Å²) in [5.41, 5.74) is 0. The smallest absolute Gasteiger partial charge is 0.304 e. The van der Waals surface area contributed by atoms with Gasteiger partial charge in [-0.05, 0) is 13.0 Å². The van der Waals surface area contributed by atoms with Crippen molar-refractivity contribution in [3.8, 4) is 0 Å². The largest absolute Gasteiger partial charge is 0.481 e. The lowest BCUT2D eigenvalue weighted by atomic mass is 10.1. The first kappa shape index (κ1) is 17.4. The molecular formula is C16H32N2O2. The second-order valence-electron chi connectivity index (χ2n) is 5.95. The molecule has 118 valence electrons. The lowest BCUT2D eigenvalue weighted by Crippen LogP contribution is -2.47. The van der Waals surface area contributed by atoms with Crippen LogP contribution in [0.2, 0.25) is 0 Å². The minimum atomic E-state index is -0.685. The van der Waals surface area contributed by atoms with E-state index in [4.69, 9.17) is 5.11 Å². The Morgan fingerprint density at radius 3 is 1.90 bits per heavy atom. The van der Waals surface area contributed by atoms with E-state index >= 15 is 0 Å². The summed E-state index contributed by atoms with van der Waals surface area (Å²) >= 11 is 0. The fraction of sp³-hybridized carbons (Fsp3) is 0.938. The number of aliphatic carboxylic acids is 1. The number of carboxylic acid groups (broad SMARTS) is 1. The molecule has 1 N–H and O–H groups in total. The van der Waals surface area contributed by atoms with Crippen LogP contribution in [0.5, 0.6) is 0 Å². The Labute approximate surface area is 124 Å². The molecule has 0 aromatic heterocycles. The Hall–Kier alpha value is -0.610. The second-order valence-corrected chi connectivity index (χ2v) is 5.95. The Morgan fingerprint density at radius 1 is 0.850 bits per heavy atom. The highest BCUT2D eigenvalue weighted by Crippen LogP contribution is 2.09. The van der Waals surface area contributed by atoms with Crippen molar-refractivity contribution in [3.63, 3.8) is 0 Å². The summed E-state index contributed by atoms with van der Waals surface area (Å²) in [4.78, 5) is 15.3. The number of carboxylic acids is 1. The van der Waals surface area contributed by atoms with Gasteiger partial charge in [0.1, 0.15) is 0 Å². The molecule has 0 bridgehead atoms. The number of carbonyl (C=O) groups is 1. The third-order valence-corrected chi connectivity index (χ3v) is 4.18. The molecule has 0 spiro atoms. The van der Waals surface area contributed by atoms with Crippen LogP contribution in [-0.4, -0.2) is 60.1 Å². The Balaban J connectivity index is 1.93. The third-order valence-electron chi connectivity index (χ3n) is 4.18. The van der Waals surface area contributed by atoms with Gasteiger partial charge in [-0.15, -0.1) is 0 Å². The molecule has 1 saturated heterocycles. The third kappa shape index (κ3) is 8.54. The van der Waals surface area contributed by atoms with Crippen LogP contribution in [0.25, 0.3) is 0 Å². The van der Waals surface area contributed by atoms with E-state index in [1.165, 1.54) is 51.5 Å². The van der Waals surface area contributed by atoms with Gasteiger partial charge in [-0.2, -0.15) is 0 Å². The SMILES string of the molecule is CCCCCCCCCN1CCN(CCC(=O)O)CC1. The first-order valence-electron chi connectivity index (χ1n) is 8.39. The maximum Gasteiger partial charge on any atom is 0.304 e. The summed E-state index contributed by atoms with van der Waals surface area (Å²) in [6.07, 6.45) is 9.86. The highest BCUT2D eigenvalue weighted by Gasteiger charge is 2.16. The van der Waals surface area contributed by atoms with Crippen LogP contribution >= 0.6 is 0 Å². The van der Waals surface area contributed by atoms with E-state index in [0.717, 1.165) is 26.2 Å². The highest BCUT2D eigenvalue weighted by atomic mass is 16.4. The first-order chi connectivity index (χ1) is 9.72. The van der Waals surface area contributed by atoms with Crippen LogP contribution in [0.3, 0.4) is 0 Å². The van der Waals surface area contributed by atoms with Crippen LogP contribution in [0.15, 0.2) is 0 Å². The lowest BCUT2D eigenvalue weighted by Gasteiger charge is -2.34. The summed E-state index contributed by atoms with van der Waals surface area (Å²) in [5.74, 6) is -0.685. The van der Waals surface area contributed by atoms with Crippen LogP contribution in [0.4, 0.5) is 0 Å². The predicted molar refractivity (Wildman–Crippen MR) is 83.1 cm³/mol. The van der Waals surface area contributed by atoms with E-state index in [2.05, 4.69) is 16.7 Å². The topological polar surface area (TPSA) is 43.8 Å². The lowest BCUT2D eigenvalue weighted by molar-refractivity contribution is -0.137. The average molecular weight is 284 g/mol. The van der Waals surface area contributed by atoms with Gasteiger partial charge in [0.15, 0.2) is 0 Å².